The summed E-state index contributed by atoms with van der Waals surface area (Å²) < 4.78 is 25.0. The van der Waals surface area contributed by atoms with Gasteiger partial charge in [-0.15, -0.1) is 0 Å². The SMILES string of the molecule is CN(Cc1ccc(N(C)C)cc1)C(=O)c1cccc(NS(C)(=O)=O)c1. The van der Waals surface area contributed by atoms with Gasteiger partial charge >= 0.3 is 0 Å². The normalized spacial score (nSPS) is 11.0. The number of anilines is 2. The fourth-order valence-electron chi connectivity index (χ4n) is 2.40. The monoisotopic (exact) mass is 361 g/mol. The molecule has 0 unspecified atom stereocenters. The van der Waals surface area contributed by atoms with Crippen LogP contribution >= 0.6 is 0 Å². The van der Waals surface area contributed by atoms with Crippen molar-refractivity contribution in [3.05, 3.63) is 59.7 Å². The first-order chi connectivity index (χ1) is 11.7. The molecule has 0 fully saturated rings. The maximum Gasteiger partial charge on any atom is 0.253 e. The van der Waals surface area contributed by atoms with Crippen LogP contribution in [0.1, 0.15) is 15.9 Å². The van der Waals surface area contributed by atoms with Crippen LogP contribution in [0.15, 0.2) is 48.5 Å². The number of carbonyl (C=O) groups is 1. The Kier molecular flexibility index (Phi) is 5.69. The summed E-state index contributed by atoms with van der Waals surface area (Å²) >= 11 is 0. The molecule has 6 nitrogen and oxygen atoms in total. The molecule has 0 aliphatic carbocycles. The average molecular weight is 361 g/mol. The summed E-state index contributed by atoms with van der Waals surface area (Å²) in [5.74, 6) is -0.172. The van der Waals surface area contributed by atoms with E-state index in [9.17, 15) is 13.2 Å². The van der Waals surface area contributed by atoms with Crippen molar-refractivity contribution < 1.29 is 13.2 Å². The third-order valence-electron chi connectivity index (χ3n) is 3.63. The van der Waals surface area contributed by atoms with Gasteiger partial charge in [0.25, 0.3) is 5.91 Å². The Hall–Kier alpha value is -2.54. The summed E-state index contributed by atoms with van der Waals surface area (Å²) in [5.41, 5.74) is 2.92. The Labute approximate surface area is 149 Å². The zero-order chi connectivity index (χ0) is 18.6. The molecule has 7 heteroatoms. The second-order valence-corrected chi connectivity index (χ2v) is 7.93. The number of sulfonamides is 1. The highest BCUT2D eigenvalue weighted by Gasteiger charge is 2.13. The second-order valence-electron chi connectivity index (χ2n) is 6.18. The predicted molar refractivity (Wildman–Crippen MR) is 101 cm³/mol. The largest absolute Gasteiger partial charge is 0.378 e. The molecular formula is C18H23N3O3S. The lowest BCUT2D eigenvalue weighted by Gasteiger charge is -2.19. The average Bonchev–Trinajstić information content (AvgIpc) is 2.53. The van der Waals surface area contributed by atoms with Crippen LogP contribution in [0, 0.1) is 0 Å². The van der Waals surface area contributed by atoms with Gasteiger partial charge in [0.05, 0.1) is 6.26 Å². The van der Waals surface area contributed by atoms with E-state index in [0.29, 0.717) is 17.8 Å². The maximum atomic E-state index is 12.6. The molecule has 0 spiro atoms. The Morgan fingerprint density at radius 1 is 1.04 bits per heavy atom. The Balaban J connectivity index is 2.10. The minimum Gasteiger partial charge on any atom is -0.378 e. The molecule has 0 aliphatic heterocycles. The molecule has 0 aliphatic rings. The molecule has 0 saturated heterocycles. The minimum atomic E-state index is -3.38. The smallest absolute Gasteiger partial charge is 0.253 e. The molecule has 1 amide bonds. The van der Waals surface area contributed by atoms with Crippen LogP contribution in [0.25, 0.3) is 0 Å². The van der Waals surface area contributed by atoms with E-state index in [2.05, 4.69) is 4.72 Å². The highest BCUT2D eigenvalue weighted by atomic mass is 32.2. The standard InChI is InChI=1S/C18H23N3O3S/c1-20(2)17-10-8-14(9-11-17)13-21(3)18(22)15-6-5-7-16(12-15)19-25(4,23)24/h5-12,19H,13H2,1-4H3. The van der Waals surface area contributed by atoms with Crippen LogP contribution < -0.4 is 9.62 Å². The van der Waals surface area contributed by atoms with E-state index in [-0.39, 0.29) is 5.91 Å². The van der Waals surface area contributed by atoms with Crippen molar-refractivity contribution >= 4 is 27.3 Å². The minimum absolute atomic E-state index is 0.172. The molecule has 2 rings (SSSR count). The number of nitrogens with zero attached hydrogens (tertiary/aromatic N) is 2. The number of amides is 1. The number of nitrogens with one attached hydrogen (secondary N) is 1. The van der Waals surface area contributed by atoms with E-state index in [1.165, 1.54) is 6.07 Å². The number of rotatable bonds is 6. The van der Waals surface area contributed by atoms with Gasteiger partial charge in [-0.3, -0.25) is 9.52 Å². The Morgan fingerprint density at radius 3 is 2.24 bits per heavy atom. The Bertz CT molecular complexity index is 846. The van der Waals surface area contributed by atoms with Crippen molar-refractivity contribution in [3.8, 4) is 0 Å². The molecule has 2 aromatic carbocycles. The van der Waals surface area contributed by atoms with Gasteiger partial charge < -0.3 is 9.80 Å². The van der Waals surface area contributed by atoms with E-state index in [1.54, 1.807) is 30.1 Å². The third-order valence-corrected chi connectivity index (χ3v) is 4.24. The van der Waals surface area contributed by atoms with Crippen molar-refractivity contribution in [1.29, 1.82) is 0 Å². The molecule has 2 aromatic rings. The molecule has 25 heavy (non-hydrogen) atoms. The van der Waals surface area contributed by atoms with Crippen LogP contribution in [0.4, 0.5) is 11.4 Å². The second kappa shape index (κ2) is 7.57. The summed E-state index contributed by atoms with van der Waals surface area (Å²) in [6.45, 7) is 0.469. The van der Waals surface area contributed by atoms with Gasteiger partial charge in [-0.25, -0.2) is 8.42 Å². The first kappa shape index (κ1) is 18.8. The molecule has 0 saturated carbocycles. The van der Waals surface area contributed by atoms with Gasteiger partial charge in [0, 0.05) is 44.6 Å². The lowest BCUT2D eigenvalue weighted by Crippen LogP contribution is -2.26. The lowest BCUT2D eigenvalue weighted by atomic mass is 10.1. The third kappa shape index (κ3) is 5.49. The molecule has 0 aromatic heterocycles. The van der Waals surface area contributed by atoms with E-state index >= 15 is 0 Å². The zero-order valence-electron chi connectivity index (χ0n) is 14.9. The van der Waals surface area contributed by atoms with Gasteiger partial charge in [-0.1, -0.05) is 18.2 Å². The fraction of sp³-hybridized carbons (Fsp3) is 0.278. The van der Waals surface area contributed by atoms with Gasteiger partial charge in [-0.05, 0) is 35.9 Å². The molecular weight excluding hydrogens is 338 g/mol. The van der Waals surface area contributed by atoms with E-state index in [1.807, 2.05) is 43.3 Å². The summed E-state index contributed by atoms with van der Waals surface area (Å²) in [6.07, 6.45) is 1.07. The molecule has 0 atom stereocenters. The van der Waals surface area contributed by atoms with Crippen molar-refractivity contribution in [1.82, 2.24) is 4.90 Å². The number of benzene rings is 2. The van der Waals surface area contributed by atoms with E-state index < -0.39 is 10.0 Å². The van der Waals surface area contributed by atoms with Gasteiger partial charge in [-0.2, -0.15) is 0 Å². The summed E-state index contributed by atoms with van der Waals surface area (Å²) in [6, 6.07) is 14.4. The summed E-state index contributed by atoms with van der Waals surface area (Å²) in [4.78, 5) is 16.2. The highest BCUT2D eigenvalue weighted by molar-refractivity contribution is 7.92. The highest BCUT2D eigenvalue weighted by Crippen LogP contribution is 2.16. The first-order valence-electron chi connectivity index (χ1n) is 7.75. The molecule has 0 heterocycles. The van der Waals surface area contributed by atoms with E-state index in [0.717, 1.165) is 17.5 Å². The summed E-state index contributed by atoms with van der Waals surface area (Å²) in [5, 5.41) is 0. The van der Waals surface area contributed by atoms with Crippen molar-refractivity contribution in [3.63, 3.8) is 0 Å². The zero-order valence-corrected chi connectivity index (χ0v) is 15.7. The quantitative estimate of drug-likeness (QED) is 0.858. The van der Waals surface area contributed by atoms with Crippen molar-refractivity contribution in [2.24, 2.45) is 0 Å². The number of carbonyl (C=O) groups excluding carboxylic acids is 1. The van der Waals surface area contributed by atoms with Crippen LogP contribution in [-0.2, 0) is 16.6 Å². The van der Waals surface area contributed by atoms with Crippen LogP contribution in [-0.4, -0.2) is 46.6 Å². The molecule has 0 radical (unpaired) electrons. The van der Waals surface area contributed by atoms with Gasteiger partial charge in [0.15, 0.2) is 0 Å². The Morgan fingerprint density at radius 2 is 1.68 bits per heavy atom. The number of hydrogen-bond acceptors (Lipinski definition) is 4. The van der Waals surface area contributed by atoms with Gasteiger partial charge in [0.2, 0.25) is 10.0 Å². The molecule has 1 N–H and O–H groups in total. The maximum absolute atomic E-state index is 12.6. The number of hydrogen-bond donors (Lipinski definition) is 1. The first-order valence-corrected chi connectivity index (χ1v) is 9.64. The van der Waals surface area contributed by atoms with Crippen LogP contribution in [0.3, 0.4) is 0 Å². The van der Waals surface area contributed by atoms with Crippen molar-refractivity contribution in [2.45, 2.75) is 6.54 Å². The fourth-order valence-corrected chi connectivity index (χ4v) is 2.95. The van der Waals surface area contributed by atoms with Crippen LogP contribution in [0.5, 0.6) is 0 Å². The molecule has 0 bridgehead atoms. The lowest BCUT2D eigenvalue weighted by molar-refractivity contribution is 0.0785. The van der Waals surface area contributed by atoms with E-state index in [4.69, 9.17) is 0 Å². The predicted octanol–water partition coefficient (Wildman–Crippen LogP) is 2.40. The van der Waals surface area contributed by atoms with Gasteiger partial charge in [0.1, 0.15) is 0 Å². The molecule has 134 valence electrons. The topological polar surface area (TPSA) is 69.7 Å². The summed E-state index contributed by atoms with van der Waals surface area (Å²) in [7, 11) is 2.29. The van der Waals surface area contributed by atoms with Crippen molar-refractivity contribution in [2.75, 3.05) is 37.0 Å². The van der Waals surface area contributed by atoms with Crippen LogP contribution in [0.2, 0.25) is 0 Å².